The predicted molar refractivity (Wildman–Crippen MR) is 113 cm³/mol. The van der Waals surface area contributed by atoms with Crippen LogP contribution in [0.3, 0.4) is 0 Å². The number of rotatable bonds is 7. The number of hydrogen-bond donors (Lipinski definition) is 2. The van der Waals surface area contributed by atoms with E-state index in [1.54, 1.807) is 14.2 Å². The molecule has 1 saturated heterocycles. The number of benzene rings is 1. The number of hydrogen-bond acceptors (Lipinski definition) is 4. The second kappa shape index (κ2) is 11.4. The van der Waals surface area contributed by atoms with Crippen molar-refractivity contribution in [2.24, 2.45) is 16.6 Å². The second-order valence-corrected chi connectivity index (χ2v) is 6.34. The summed E-state index contributed by atoms with van der Waals surface area (Å²) in [7, 11) is 5.46. The highest BCUT2D eigenvalue weighted by Crippen LogP contribution is 2.27. The standard InChI is InChI=1S/C18H30N4O2.HI/c1-22-10-7-15(8-11-22)13-21-18(19)20-9-6-14-4-5-16(23-2)17(12-14)24-3;/h4-5,12,15H,6-11,13H2,1-3H3,(H3,19,20,21);1H. The largest absolute Gasteiger partial charge is 0.493 e. The fraction of sp³-hybridized carbons (Fsp3) is 0.611. The molecule has 0 amide bonds. The first-order valence-corrected chi connectivity index (χ1v) is 8.55. The molecular weight excluding hydrogens is 431 g/mol. The average Bonchev–Trinajstić information content (AvgIpc) is 2.61. The first kappa shape index (κ1) is 21.8. The molecule has 7 heteroatoms. The molecule has 0 unspecified atom stereocenters. The van der Waals surface area contributed by atoms with Crippen LogP contribution in [0.25, 0.3) is 0 Å². The van der Waals surface area contributed by atoms with Gasteiger partial charge < -0.3 is 25.4 Å². The topological polar surface area (TPSA) is 72.1 Å². The van der Waals surface area contributed by atoms with E-state index in [-0.39, 0.29) is 24.0 Å². The fourth-order valence-electron chi connectivity index (χ4n) is 2.90. The summed E-state index contributed by atoms with van der Waals surface area (Å²) >= 11 is 0. The second-order valence-electron chi connectivity index (χ2n) is 6.34. The number of halogens is 1. The molecular formula is C18H31IN4O2. The maximum atomic E-state index is 5.97. The van der Waals surface area contributed by atoms with Crippen molar-refractivity contribution in [2.45, 2.75) is 19.3 Å². The Balaban J connectivity index is 0.00000312. The van der Waals surface area contributed by atoms with E-state index in [1.807, 2.05) is 18.2 Å². The number of ether oxygens (including phenoxy) is 2. The molecule has 142 valence electrons. The summed E-state index contributed by atoms with van der Waals surface area (Å²) in [6.45, 7) is 3.89. The maximum absolute atomic E-state index is 5.97. The lowest BCUT2D eigenvalue weighted by molar-refractivity contribution is 0.223. The number of methoxy groups -OCH3 is 2. The van der Waals surface area contributed by atoms with Gasteiger partial charge in [-0.1, -0.05) is 6.07 Å². The predicted octanol–water partition coefficient (Wildman–Crippen LogP) is 2.11. The summed E-state index contributed by atoms with van der Waals surface area (Å²) in [6.07, 6.45) is 3.27. The molecule has 0 radical (unpaired) electrons. The van der Waals surface area contributed by atoms with Gasteiger partial charge in [-0.05, 0) is 63.0 Å². The first-order valence-electron chi connectivity index (χ1n) is 8.55. The minimum Gasteiger partial charge on any atom is -0.493 e. The summed E-state index contributed by atoms with van der Waals surface area (Å²) in [5, 5.41) is 3.19. The van der Waals surface area contributed by atoms with E-state index in [1.165, 1.54) is 18.4 Å². The van der Waals surface area contributed by atoms with Gasteiger partial charge in [0.1, 0.15) is 0 Å². The summed E-state index contributed by atoms with van der Waals surface area (Å²) in [4.78, 5) is 6.85. The van der Waals surface area contributed by atoms with Crippen LogP contribution >= 0.6 is 24.0 Å². The SMILES string of the molecule is COc1ccc(CCNC(N)=NCC2CCN(C)CC2)cc1OC.I. The highest BCUT2D eigenvalue weighted by atomic mass is 127. The number of guanidine groups is 1. The van der Waals surface area contributed by atoms with E-state index in [9.17, 15) is 0 Å². The third-order valence-corrected chi connectivity index (χ3v) is 4.53. The van der Waals surface area contributed by atoms with E-state index in [0.717, 1.165) is 44.1 Å². The van der Waals surface area contributed by atoms with Gasteiger partial charge in [0.2, 0.25) is 0 Å². The molecule has 2 rings (SSSR count). The molecule has 0 aliphatic carbocycles. The normalized spacial score (nSPS) is 16.2. The lowest BCUT2D eigenvalue weighted by Gasteiger charge is -2.27. The Hall–Kier alpha value is -1.22. The Morgan fingerprint density at radius 2 is 1.92 bits per heavy atom. The summed E-state index contributed by atoms with van der Waals surface area (Å²) in [5.41, 5.74) is 7.14. The van der Waals surface area contributed by atoms with Crippen LogP contribution in [0.1, 0.15) is 18.4 Å². The van der Waals surface area contributed by atoms with E-state index < -0.39 is 0 Å². The molecule has 0 bridgehead atoms. The molecule has 1 heterocycles. The molecule has 25 heavy (non-hydrogen) atoms. The van der Waals surface area contributed by atoms with Crippen LogP contribution in [0.15, 0.2) is 23.2 Å². The van der Waals surface area contributed by atoms with Gasteiger partial charge in [-0.2, -0.15) is 0 Å². The zero-order valence-corrected chi connectivity index (χ0v) is 17.8. The third-order valence-electron chi connectivity index (χ3n) is 4.53. The molecule has 1 fully saturated rings. The van der Waals surface area contributed by atoms with E-state index in [0.29, 0.717) is 11.9 Å². The number of nitrogens with one attached hydrogen (secondary N) is 1. The number of piperidine rings is 1. The van der Waals surface area contributed by atoms with E-state index in [4.69, 9.17) is 15.2 Å². The van der Waals surface area contributed by atoms with Gasteiger partial charge in [0.05, 0.1) is 14.2 Å². The van der Waals surface area contributed by atoms with Crippen LogP contribution in [0.5, 0.6) is 11.5 Å². The number of nitrogens with zero attached hydrogens (tertiary/aromatic N) is 2. The zero-order chi connectivity index (χ0) is 17.4. The highest BCUT2D eigenvalue weighted by molar-refractivity contribution is 14.0. The van der Waals surface area contributed by atoms with Crippen molar-refractivity contribution in [3.8, 4) is 11.5 Å². The van der Waals surface area contributed by atoms with Crippen molar-refractivity contribution in [2.75, 3.05) is 47.4 Å². The minimum atomic E-state index is 0. The average molecular weight is 462 g/mol. The van der Waals surface area contributed by atoms with Crippen molar-refractivity contribution >= 4 is 29.9 Å². The maximum Gasteiger partial charge on any atom is 0.188 e. The lowest BCUT2D eigenvalue weighted by Crippen LogP contribution is -2.35. The van der Waals surface area contributed by atoms with Gasteiger partial charge >= 0.3 is 0 Å². The van der Waals surface area contributed by atoms with Crippen molar-refractivity contribution < 1.29 is 9.47 Å². The molecule has 1 aromatic rings. The molecule has 6 nitrogen and oxygen atoms in total. The van der Waals surface area contributed by atoms with E-state index >= 15 is 0 Å². The molecule has 0 spiro atoms. The Morgan fingerprint density at radius 3 is 2.56 bits per heavy atom. The lowest BCUT2D eigenvalue weighted by atomic mass is 9.97. The third kappa shape index (κ3) is 7.27. The number of likely N-dealkylation sites (tertiary alicyclic amines) is 1. The molecule has 0 atom stereocenters. The smallest absolute Gasteiger partial charge is 0.188 e. The van der Waals surface area contributed by atoms with Gasteiger partial charge in [-0.3, -0.25) is 4.99 Å². The van der Waals surface area contributed by atoms with Crippen molar-refractivity contribution in [3.63, 3.8) is 0 Å². The van der Waals surface area contributed by atoms with Gasteiger partial charge in [0.15, 0.2) is 17.5 Å². The number of nitrogens with two attached hydrogens (primary N) is 1. The number of aliphatic imine (C=N–C) groups is 1. The van der Waals surface area contributed by atoms with E-state index in [2.05, 4.69) is 22.3 Å². The Morgan fingerprint density at radius 1 is 1.24 bits per heavy atom. The van der Waals surface area contributed by atoms with Crippen molar-refractivity contribution in [3.05, 3.63) is 23.8 Å². The van der Waals surface area contributed by atoms with Crippen molar-refractivity contribution in [1.82, 2.24) is 10.2 Å². The zero-order valence-electron chi connectivity index (χ0n) is 15.5. The molecule has 1 aromatic carbocycles. The van der Waals surface area contributed by atoms with Crippen LogP contribution in [-0.2, 0) is 6.42 Å². The molecule has 0 saturated carbocycles. The summed E-state index contributed by atoms with van der Waals surface area (Å²) < 4.78 is 10.6. The highest BCUT2D eigenvalue weighted by Gasteiger charge is 2.15. The van der Waals surface area contributed by atoms with Gasteiger partial charge in [0.25, 0.3) is 0 Å². The Bertz CT molecular complexity index is 546. The van der Waals surface area contributed by atoms with Gasteiger partial charge in [0, 0.05) is 13.1 Å². The van der Waals surface area contributed by atoms with Crippen LogP contribution in [0, 0.1) is 5.92 Å². The molecule has 0 aromatic heterocycles. The monoisotopic (exact) mass is 462 g/mol. The van der Waals surface area contributed by atoms with Gasteiger partial charge in [-0.25, -0.2) is 0 Å². The summed E-state index contributed by atoms with van der Waals surface area (Å²) in [6, 6.07) is 5.95. The first-order chi connectivity index (χ1) is 11.6. The Kier molecular flexibility index (Phi) is 9.96. The van der Waals surface area contributed by atoms with Crippen molar-refractivity contribution in [1.29, 1.82) is 0 Å². The van der Waals surface area contributed by atoms with Crippen LogP contribution < -0.4 is 20.5 Å². The molecule has 1 aliphatic rings. The quantitative estimate of drug-likeness (QED) is 0.369. The minimum absolute atomic E-state index is 0. The molecule has 1 aliphatic heterocycles. The van der Waals surface area contributed by atoms with Gasteiger partial charge in [-0.15, -0.1) is 24.0 Å². The van der Waals surface area contributed by atoms with Crippen LogP contribution in [0.2, 0.25) is 0 Å². The Labute approximate surface area is 168 Å². The fourth-order valence-corrected chi connectivity index (χ4v) is 2.90. The van der Waals surface area contributed by atoms with Crippen LogP contribution in [0.4, 0.5) is 0 Å². The van der Waals surface area contributed by atoms with Crippen LogP contribution in [-0.4, -0.2) is 58.3 Å². The summed E-state index contributed by atoms with van der Waals surface area (Å²) in [5.74, 6) is 2.69. The molecule has 3 N–H and O–H groups in total.